The fraction of sp³-hybridized carbons (Fsp3) is 0.364. The van der Waals surface area contributed by atoms with E-state index in [0.717, 1.165) is 36.5 Å². The predicted molar refractivity (Wildman–Crippen MR) is 116 cm³/mol. The molecular formula is C22H25F3N2O2S. The monoisotopic (exact) mass is 438 g/mol. The van der Waals surface area contributed by atoms with Gasteiger partial charge in [0.25, 0.3) is 0 Å². The molecule has 0 amide bonds. The van der Waals surface area contributed by atoms with E-state index in [2.05, 4.69) is 5.32 Å². The van der Waals surface area contributed by atoms with Crippen LogP contribution in [0.3, 0.4) is 0 Å². The van der Waals surface area contributed by atoms with Crippen molar-refractivity contribution in [2.24, 2.45) is 0 Å². The molecule has 0 spiro atoms. The third-order valence-corrected chi connectivity index (χ3v) is 5.07. The SMILES string of the molecule is CCN(CC)C(=S)Nc1cc(C)c(C(=O)OCc2cccc(C(F)(F)F)c2)cc1C. The number of ether oxygens (including phenoxy) is 1. The fourth-order valence-electron chi connectivity index (χ4n) is 2.94. The molecule has 0 radical (unpaired) electrons. The molecule has 0 atom stereocenters. The Morgan fingerprint density at radius 3 is 2.37 bits per heavy atom. The second-order valence-corrected chi connectivity index (χ2v) is 7.25. The molecule has 0 unspecified atom stereocenters. The van der Waals surface area contributed by atoms with E-state index in [1.54, 1.807) is 13.0 Å². The average molecular weight is 439 g/mol. The summed E-state index contributed by atoms with van der Waals surface area (Å²) < 4.78 is 43.7. The summed E-state index contributed by atoms with van der Waals surface area (Å²) in [6.07, 6.45) is -4.44. The second kappa shape index (κ2) is 9.93. The van der Waals surface area contributed by atoms with E-state index in [-0.39, 0.29) is 12.2 Å². The van der Waals surface area contributed by atoms with E-state index in [0.29, 0.717) is 16.2 Å². The third kappa shape index (κ3) is 5.95. The Hall–Kier alpha value is -2.61. The van der Waals surface area contributed by atoms with Crippen molar-refractivity contribution in [2.45, 2.75) is 40.5 Å². The van der Waals surface area contributed by atoms with Gasteiger partial charge in [0.1, 0.15) is 6.61 Å². The van der Waals surface area contributed by atoms with E-state index in [1.807, 2.05) is 31.7 Å². The molecule has 0 aliphatic carbocycles. The number of nitrogens with one attached hydrogen (secondary N) is 1. The molecule has 2 rings (SSSR count). The first-order valence-corrected chi connectivity index (χ1v) is 9.98. The van der Waals surface area contributed by atoms with Crippen LogP contribution in [0.5, 0.6) is 0 Å². The van der Waals surface area contributed by atoms with Gasteiger partial charge < -0.3 is 15.0 Å². The van der Waals surface area contributed by atoms with Crippen LogP contribution >= 0.6 is 12.2 Å². The molecule has 0 aliphatic rings. The Morgan fingerprint density at radius 1 is 1.10 bits per heavy atom. The highest BCUT2D eigenvalue weighted by molar-refractivity contribution is 7.80. The van der Waals surface area contributed by atoms with Crippen LogP contribution in [0.25, 0.3) is 0 Å². The van der Waals surface area contributed by atoms with Crippen LogP contribution in [0, 0.1) is 13.8 Å². The number of hydrogen-bond donors (Lipinski definition) is 1. The van der Waals surface area contributed by atoms with Crippen molar-refractivity contribution in [3.8, 4) is 0 Å². The van der Waals surface area contributed by atoms with E-state index in [4.69, 9.17) is 17.0 Å². The van der Waals surface area contributed by atoms with Gasteiger partial charge in [-0.2, -0.15) is 13.2 Å². The van der Waals surface area contributed by atoms with Crippen molar-refractivity contribution in [3.05, 3.63) is 64.2 Å². The van der Waals surface area contributed by atoms with Crippen molar-refractivity contribution in [2.75, 3.05) is 18.4 Å². The fourth-order valence-corrected chi connectivity index (χ4v) is 3.31. The van der Waals surface area contributed by atoms with Crippen LogP contribution in [-0.4, -0.2) is 29.1 Å². The van der Waals surface area contributed by atoms with E-state index in [1.165, 1.54) is 12.1 Å². The molecule has 0 fully saturated rings. The summed E-state index contributed by atoms with van der Waals surface area (Å²) in [5.41, 5.74) is 2.14. The number of carbonyl (C=O) groups is 1. The van der Waals surface area contributed by atoms with Gasteiger partial charge in [-0.05, 0) is 80.9 Å². The Morgan fingerprint density at radius 2 is 1.77 bits per heavy atom. The highest BCUT2D eigenvalue weighted by Gasteiger charge is 2.30. The Labute approximate surface area is 180 Å². The summed E-state index contributed by atoms with van der Waals surface area (Å²) in [5, 5.41) is 3.80. The third-order valence-electron chi connectivity index (χ3n) is 4.71. The van der Waals surface area contributed by atoms with Crippen LogP contribution in [0.1, 0.15) is 46.5 Å². The molecule has 162 valence electrons. The lowest BCUT2D eigenvalue weighted by atomic mass is 10.0. The van der Waals surface area contributed by atoms with Crippen molar-refractivity contribution in [3.63, 3.8) is 0 Å². The maximum absolute atomic E-state index is 12.8. The van der Waals surface area contributed by atoms with Gasteiger partial charge in [0.15, 0.2) is 5.11 Å². The van der Waals surface area contributed by atoms with E-state index >= 15 is 0 Å². The number of thiocarbonyl (C=S) groups is 1. The van der Waals surface area contributed by atoms with Crippen molar-refractivity contribution < 1.29 is 22.7 Å². The van der Waals surface area contributed by atoms with Crippen LogP contribution in [0.2, 0.25) is 0 Å². The summed E-state index contributed by atoms with van der Waals surface area (Å²) in [5.74, 6) is -0.592. The van der Waals surface area contributed by atoms with Gasteiger partial charge in [0.05, 0.1) is 11.1 Å². The molecule has 0 heterocycles. The lowest BCUT2D eigenvalue weighted by Crippen LogP contribution is -2.34. The van der Waals surface area contributed by atoms with Crippen LogP contribution in [-0.2, 0) is 17.5 Å². The molecule has 30 heavy (non-hydrogen) atoms. The smallest absolute Gasteiger partial charge is 0.416 e. The largest absolute Gasteiger partial charge is 0.457 e. The number of benzene rings is 2. The first kappa shape index (κ1) is 23.7. The predicted octanol–water partition coefficient (Wildman–Crippen LogP) is 5.72. The zero-order valence-corrected chi connectivity index (χ0v) is 18.2. The topological polar surface area (TPSA) is 41.6 Å². The molecule has 0 bridgehead atoms. The summed E-state index contributed by atoms with van der Waals surface area (Å²) in [4.78, 5) is 14.5. The van der Waals surface area contributed by atoms with Gasteiger partial charge in [-0.25, -0.2) is 4.79 Å². The molecule has 0 saturated carbocycles. The molecule has 8 heteroatoms. The quantitative estimate of drug-likeness (QED) is 0.462. The molecule has 2 aromatic rings. The number of anilines is 1. The first-order chi connectivity index (χ1) is 14.1. The molecule has 0 aliphatic heterocycles. The minimum Gasteiger partial charge on any atom is -0.457 e. The number of hydrogen-bond acceptors (Lipinski definition) is 3. The number of halogens is 3. The zero-order valence-electron chi connectivity index (χ0n) is 17.4. The Kier molecular flexibility index (Phi) is 7.83. The van der Waals surface area contributed by atoms with Gasteiger partial charge in [0.2, 0.25) is 0 Å². The highest BCUT2D eigenvalue weighted by atomic mass is 32.1. The standard InChI is InChI=1S/C22H25F3N2O2S/c1-5-27(6-2)21(30)26-19-11-14(3)18(10-15(19)4)20(28)29-13-16-8-7-9-17(12-16)22(23,24)25/h7-12H,5-6,13H2,1-4H3,(H,26,30). The minimum absolute atomic E-state index is 0.243. The van der Waals surface area contributed by atoms with Crippen LogP contribution < -0.4 is 5.32 Å². The van der Waals surface area contributed by atoms with Crippen LogP contribution in [0.4, 0.5) is 18.9 Å². The summed E-state index contributed by atoms with van der Waals surface area (Å²) >= 11 is 5.42. The minimum atomic E-state index is -4.44. The maximum Gasteiger partial charge on any atom is 0.416 e. The lowest BCUT2D eigenvalue weighted by Gasteiger charge is -2.23. The zero-order chi connectivity index (χ0) is 22.5. The molecular weight excluding hydrogens is 413 g/mol. The van der Waals surface area contributed by atoms with Crippen molar-refractivity contribution in [1.29, 1.82) is 0 Å². The molecule has 1 N–H and O–H groups in total. The Balaban J connectivity index is 2.12. The first-order valence-electron chi connectivity index (χ1n) is 9.57. The number of rotatable bonds is 6. The normalized spacial score (nSPS) is 11.2. The van der Waals surface area contributed by atoms with Gasteiger partial charge in [0, 0.05) is 18.8 Å². The Bertz CT molecular complexity index is 925. The molecule has 2 aromatic carbocycles. The molecule has 0 saturated heterocycles. The van der Waals surface area contributed by atoms with Gasteiger partial charge in [-0.15, -0.1) is 0 Å². The van der Waals surface area contributed by atoms with Crippen molar-refractivity contribution in [1.82, 2.24) is 4.90 Å². The summed E-state index contributed by atoms with van der Waals surface area (Å²) in [6, 6.07) is 8.24. The number of esters is 1. The number of aryl methyl sites for hydroxylation is 2. The van der Waals surface area contributed by atoms with Gasteiger partial charge in [-0.3, -0.25) is 0 Å². The van der Waals surface area contributed by atoms with Crippen molar-refractivity contribution >= 4 is 29.0 Å². The molecule has 0 aromatic heterocycles. The van der Waals surface area contributed by atoms with E-state index < -0.39 is 17.7 Å². The maximum atomic E-state index is 12.8. The van der Waals surface area contributed by atoms with Crippen LogP contribution in [0.15, 0.2) is 36.4 Å². The number of nitrogens with zero attached hydrogens (tertiary/aromatic N) is 1. The second-order valence-electron chi connectivity index (χ2n) is 6.86. The highest BCUT2D eigenvalue weighted by Crippen LogP contribution is 2.30. The van der Waals surface area contributed by atoms with E-state index in [9.17, 15) is 18.0 Å². The average Bonchev–Trinajstić information content (AvgIpc) is 2.69. The number of carbonyl (C=O) groups excluding carboxylic acids is 1. The summed E-state index contributed by atoms with van der Waals surface area (Å²) in [7, 11) is 0. The number of alkyl halides is 3. The lowest BCUT2D eigenvalue weighted by molar-refractivity contribution is -0.137. The van der Waals surface area contributed by atoms with Gasteiger partial charge in [-0.1, -0.05) is 12.1 Å². The summed E-state index contributed by atoms with van der Waals surface area (Å²) in [6.45, 7) is 8.95. The molecule has 4 nitrogen and oxygen atoms in total. The van der Waals surface area contributed by atoms with Gasteiger partial charge >= 0.3 is 12.1 Å².